The molecule has 432 valence electrons. The van der Waals surface area contributed by atoms with Gasteiger partial charge in [0.25, 0.3) is 5.91 Å². The second-order valence-corrected chi connectivity index (χ2v) is 19.4. The number of nitrogens with zero attached hydrogens (tertiary/aromatic N) is 4. The molecule has 0 aliphatic rings. The van der Waals surface area contributed by atoms with E-state index in [1.54, 1.807) is 12.1 Å². The van der Waals surface area contributed by atoms with Crippen LogP contribution in [0.4, 0.5) is 0 Å². The van der Waals surface area contributed by atoms with Crippen molar-refractivity contribution in [2.75, 3.05) is 6.54 Å². The summed E-state index contributed by atoms with van der Waals surface area (Å²) in [7, 11) is -9.89. The number of fused-ring (bicyclic) bond motifs is 2. The van der Waals surface area contributed by atoms with Gasteiger partial charge in [-0.2, -0.15) is 0 Å². The van der Waals surface area contributed by atoms with Crippen molar-refractivity contribution >= 4 is 57.2 Å². The summed E-state index contributed by atoms with van der Waals surface area (Å²) >= 11 is 0. The van der Waals surface area contributed by atoms with Crippen molar-refractivity contribution in [2.24, 2.45) is 5.73 Å². The van der Waals surface area contributed by atoms with Gasteiger partial charge in [-0.3, -0.25) is 48.6 Å². The Morgan fingerprint density at radius 3 is 1.17 bits per heavy atom. The van der Waals surface area contributed by atoms with Crippen molar-refractivity contribution in [3.63, 3.8) is 0 Å². The molecule has 0 unspecified atom stereocenters. The van der Waals surface area contributed by atoms with Crippen molar-refractivity contribution in [3.05, 3.63) is 114 Å². The molecule has 0 atom stereocenters. The fraction of sp³-hybridized carbons (Fsp3) is 0.356. The molecule has 30 nitrogen and oxygen atoms in total. The second-order valence-electron chi connectivity index (χ2n) is 17.9. The van der Waals surface area contributed by atoms with Crippen LogP contribution in [0, 0.1) is 20.5 Å². The van der Waals surface area contributed by atoms with Crippen molar-refractivity contribution in [2.45, 2.75) is 97.2 Å². The first kappa shape index (κ1) is 80.7. The Morgan fingerprint density at radius 2 is 0.821 bits per heavy atom. The Morgan fingerprint density at radius 1 is 0.500 bits per heavy atom. The number of aromatic nitrogens is 3. The van der Waals surface area contributed by atoms with Gasteiger partial charge >= 0.3 is 19.5 Å². The van der Waals surface area contributed by atoms with Crippen molar-refractivity contribution in [1.29, 1.82) is 0 Å². The van der Waals surface area contributed by atoms with E-state index in [1.165, 1.54) is 61.6 Å². The first-order chi connectivity index (χ1) is 32.5. The molecule has 3 aromatic heterocycles. The van der Waals surface area contributed by atoms with Gasteiger partial charge in [-0.25, -0.2) is 37.3 Å². The molecule has 0 fully saturated rings. The molecule has 0 aliphatic heterocycles. The number of rotatable bonds is 17. The summed E-state index contributed by atoms with van der Waals surface area (Å²) in [5.41, 5.74) is 3.55. The van der Waals surface area contributed by atoms with E-state index in [2.05, 4.69) is 48.6 Å². The standard InChI is InChI=1S/C45H54N10O6.2ClHO4.6H2O.Zn/c1-42(2,38(58)48-24-36(46)56)52-40(60)44(5,6)54-41(61)45(7,8)53-39(59)43(3,4)51-37(57)30-19-20-31(47-23-30)25-55(26-32-21-17-28-13-9-11-15-34(28)49-32)27-33-22-18-29-14-10-12-16-35(29)50-33;2*2-1(3,4)5;;;;;;;/h9-23H,24-27H2,1-8H3,(H2,46,56)(H,48,58)(H,51,57)(H,52,60)(H,53,59)(H,54,61);2*(H,2,3,4,5);6*1H2;/q;;;;;;;;;+2/p-1. The van der Waals surface area contributed by atoms with Crippen molar-refractivity contribution in [1.82, 2.24) is 46.4 Å². The summed E-state index contributed by atoms with van der Waals surface area (Å²) in [4.78, 5) is 93.8. The van der Waals surface area contributed by atoms with E-state index in [4.69, 9.17) is 53.0 Å². The number of carbonyl (C=O) groups excluding carboxylic acids is 6. The molecule has 33 heteroatoms. The molecule has 5 rings (SSSR count). The van der Waals surface area contributed by atoms with Crippen LogP contribution in [0.3, 0.4) is 0 Å². The Balaban J connectivity index is -0.000000957. The van der Waals surface area contributed by atoms with Crippen molar-refractivity contribution in [3.8, 4) is 0 Å². The first-order valence-corrected chi connectivity index (χ1v) is 23.5. The van der Waals surface area contributed by atoms with Gasteiger partial charge in [0.15, 0.2) is 0 Å². The summed E-state index contributed by atoms with van der Waals surface area (Å²) in [5.74, 6) is -4.04. The SMILES string of the molecule is CC(C)(NC(=O)c1ccc(CN(Cc2ccc3ccccc3n2)Cc2ccc3ccccc3n2)nc1)C(=O)NC(C)(C)C(=O)NC(C)(C)C(=O)NC(C)(C)C(=O)NCC(N)=O.O.O.O.O.O.[O-][Cl+3]([O-])([O-])[O-].[O-][Cl+3]([O-])([O-])[O-].[OH3+].[Zn+2]. The van der Waals surface area contributed by atoms with Crippen LogP contribution in [-0.4, -0.2) is 111 Å². The minimum Gasteiger partial charge on any atom is -0.457 e. The van der Waals surface area contributed by atoms with Gasteiger partial charge in [0.2, 0.25) is 29.5 Å². The Kier molecular flexibility index (Phi) is 34.5. The fourth-order valence-electron chi connectivity index (χ4n) is 6.19. The maximum Gasteiger partial charge on any atom is 2.00 e. The van der Waals surface area contributed by atoms with E-state index < -0.39 is 84.6 Å². The number of para-hydroxylation sites is 2. The van der Waals surface area contributed by atoms with Gasteiger partial charge in [0, 0.05) is 36.6 Å². The van der Waals surface area contributed by atoms with E-state index in [-0.39, 0.29) is 57.9 Å². The zero-order valence-corrected chi connectivity index (χ0v) is 48.1. The monoisotopic (exact) mass is 1200 g/mol. The van der Waals surface area contributed by atoms with Crippen LogP contribution in [0.5, 0.6) is 0 Å². The molecule has 0 saturated carbocycles. The molecule has 78 heavy (non-hydrogen) atoms. The molecule has 0 bridgehead atoms. The summed E-state index contributed by atoms with van der Waals surface area (Å²) in [6, 6.07) is 27.4. The zero-order chi connectivity index (χ0) is 53.8. The van der Waals surface area contributed by atoms with Crippen LogP contribution >= 0.6 is 0 Å². The number of hydrogen-bond acceptors (Lipinski definition) is 18. The van der Waals surface area contributed by atoms with Gasteiger partial charge in [-0.05, 0) is 91.8 Å². The molecule has 0 spiro atoms. The molecule has 20 N–H and O–H groups in total. The summed E-state index contributed by atoms with van der Waals surface area (Å²) in [6.07, 6.45) is 1.45. The topological polar surface area (TPSA) is 605 Å². The number of halogens is 2. The second kappa shape index (κ2) is 33.3. The molecule has 6 amide bonds. The maximum absolute atomic E-state index is 13.5. The number of amides is 6. The van der Waals surface area contributed by atoms with Crippen LogP contribution in [0.25, 0.3) is 21.8 Å². The third-order valence-electron chi connectivity index (χ3n) is 9.95. The van der Waals surface area contributed by atoms with Crippen LogP contribution in [0.2, 0.25) is 0 Å². The van der Waals surface area contributed by atoms with E-state index >= 15 is 0 Å². The molecule has 5 aromatic rings. The van der Waals surface area contributed by atoms with Gasteiger partial charge < -0.3 is 65.2 Å². The van der Waals surface area contributed by atoms with E-state index in [0.29, 0.717) is 25.3 Å². The summed E-state index contributed by atoms with van der Waals surface area (Å²) in [6.45, 7) is 12.7. The number of primary amides is 1. The normalized spacial score (nSPS) is 11.0. The van der Waals surface area contributed by atoms with Crippen molar-refractivity contribution < 1.29 is 139 Å². The Labute approximate surface area is 463 Å². The number of nitrogens with one attached hydrogen (secondary N) is 5. The fourth-order valence-corrected chi connectivity index (χ4v) is 6.19. The van der Waals surface area contributed by atoms with Crippen LogP contribution in [0.15, 0.2) is 91.1 Å². The van der Waals surface area contributed by atoms with Gasteiger partial charge in [-0.15, -0.1) is 20.5 Å². The third-order valence-corrected chi connectivity index (χ3v) is 9.95. The van der Waals surface area contributed by atoms with Crippen LogP contribution in [0.1, 0.15) is 82.8 Å². The quantitative estimate of drug-likeness (QED) is 0.0372. The smallest absolute Gasteiger partial charge is 0.457 e. The van der Waals surface area contributed by atoms with E-state index in [9.17, 15) is 28.8 Å². The number of carbonyl (C=O) groups is 6. The van der Waals surface area contributed by atoms with Gasteiger partial charge in [-0.1, -0.05) is 48.5 Å². The van der Waals surface area contributed by atoms with Gasteiger partial charge in [0.1, 0.15) is 22.2 Å². The number of nitrogens with two attached hydrogens (primary N) is 1. The number of hydrogen-bond donors (Lipinski definition) is 6. The first-order valence-electron chi connectivity index (χ1n) is 21.0. The molecular formula is C45H67Cl2N10O20Zn+. The average molecular weight is 1200 g/mol. The number of pyridine rings is 3. The van der Waals surface area contributed by atoms with Gasteiger partial charge in [0.05, 0.1) is 40.2 Å². The molecule has 0 aliphatic carbocycles. The van der Waals surface area contributed by atoms with Crippen LogP contribution < -0.4 is 69.6 Å². The zero-order valence-electron chi connectivity index (χ0n) is 43.6. The maximum atomic E-state index is 13.5. The minimum absolute atomic E-state index is 0. The molecular weight excluding hydrogens is 1140 g/mol. The Bertz CT molecular complexity index is 2610. The Hall–Kier alpha value is -6.17. The molecule has 2 aromatic carbocycles. The predicted molar refractivity (Wildman–Crippen MR) is 254 cm³/mol. The summed E-state index contributed by atoms with van der Waals surface area (Å²) in [5, 5.41) is 15.0. The third kappa shape index (κ3) is 27.9. The molecule has 3 heterocycles. The summed E-state index contributed by atoms with van der Waals surface area (Å²) < 4.78 is 67.9. The number of benzene rings is 2. The van der Waals surface area contributed by atoms with E-state index in [0.717, 1.165) is 33.2 Å². The van der Waals surface area contributed by atoms with E-state index in [1.807, 2.05) is 60.7 Å². The average Bonchev–Trinajstić information content (AvgIpc) is 3.23. The molecule has 0 saturated heterocycles. The largest absolute Gasteiger partial charge is 2.00 e. The van der Waals surface area contributed by atoms with Crippen LogP contribution in [-0.2, 0) is 68.6 Å². The predicted octanol–water partition coefficient (Wildman–Crippen LogP) is -11.4. The minimum atomic E-state index is -4.94. The molecule has 0 radical (unpaired) electrons.